The third kappa shape index (κ3) is 4.28. The Labute approximate surface area is 141 Å². The molecule has 1 aromatic heterocycles. The van der Waals surface area contributed by atoms with Crippen LogP contribution >= 0.6 is 0 Å². The minimum Gasteiger partial charge on any atom is -0.497 e. The van der Waals surface area contributed by atoms with Crippen molar-refractivity contribution in [1.82, 2.24) is 15.1 Å². The summed E-state index contributed by atoms with van der Waals surface area (Å²) in [5, 5.41) is 7.34. The molecular weight excluding hydrogens is 306 g/mol. The van der Waals surface area contributed by atoms with Gasteiger partial charge in [-0.1, -0.05) is 19.3 Å². The van der Waals surface area contributed by atoms with E-state index in [2.05, 4.69) is 10.4 Å². The van der Waals surface area contributed by atoms with Gasteiger partial charge in [-0.25, -0.2) is 4.68 Å². The monoisotopic (exact) mass is 329 g/mol. The zero-order chi connectivity index (χ0) is 16.8. The van der Waals surface area contributed by atoms with Gasteiger partial charge >= 0.3 is 0 Å². The van der Waals surface area contributed by atoms with Crippen LogP contribution in [0.3, 0.4) is 0 Å². The van der Waals surface area contributed by atoms with Gasteiger partial charge in [0.25, 0.3) is 5.91 Å². The van der Waals surface area contributed by atoms with E-state index in [9.17, 15) is 4.79 Å². The highest BCUT2D eigenvalue weighted by Crippen LogP contribution is 2.18. The molecule has 1 aliphatic rings. The molecule has 0 atom stereocenters. The average molecular weight is 329 g/mol. The van der Waals surface area contributed by atoms with Gasteiger partial charge < -0.3 is 14.8 Å². The number of carbonyl (C=O) groups excluding carboxylic acids is 1. The van der Waals surface area contributed by atoms with E-state index >= 15 is 0 Å². The molecule has 0 radical (unpaired) electrons. The number of hydrogen-bond acceptors (Lipinski definition) is 4. The summed E-state index contributed by atoms with van der Waals surface area (Å²) in [5.74, 6) is 1.40. The molecule has 1 N–H and O–H groups in total. The van der Waals surface area contributed by atoms with Gasteiger partial charge in [0.1, 0.15) is 17.2 Å². The minimum atomic E-state index is -0.106. The molecule has 0 spiro atoms. The van der Waals surface area contributed by atoms with Crippen molar-refractivity contribution in [3.63, 3.8) is 0 Å². The molecule has 24 heavy (non-hydrogen) atoms. The van der Waals surface area contributed by atoms with Crippen molar-refractivity contribution < 1.29 is 14.3 Å². The van der Waals surface area contributed by atoms with E-state index < -0.39 is 0 Å². The highest BCUT2D eigenvalue weighted by Gasteiger charge is 2.18. The maximum Gasteiger partial charge on any atom is 0.271 e. The van der Waals surface area contributed by atoms with Crippen LogP contribution in [0.4, 0.5) is 0 Å². The van der Waals surface area contributed by atoms with Crippen LogP contribution in [0.1, 0.15) is 42.6 Å². The normalized spacial score (nSPS) is 15.0. The molecule has 0 saturated heterocycles. The van der Waals surface area contributed by atoms with E-state index in [-0.39, 0.29) is 18.7 Å². The number of methoxy groups -OCH3 is 1. The Bertz CT molecular complexity index is 660. The lowest BCUT2D eigenvalue weighted by Crippen LogP contribution is -2.36. The summed E-state index contributed by atoms with van der Waals surface area (Å²) in [7, 11) is 1.62. The van der Waals surface area contributed by atoms with Crippen LogP contribution < -0.4 is 14.8 Å². The molecular formula is C18H23N3O3. The first-order valence-electron chi connectivity index (χ1n) is 8.36. The number of amides is 1. The SMILES string of the molecule is COc1ccc(OCn2ccc(C(=O)NC3CCCCC3)n2)cc1. The van der Waals surface area contributed by atoms with Gasteiger partial charge in [-0.3, -0.25) is 4.79 Å². The largest absolute Gasteiger partial charge is 0.497 e. The third-order valence-corrected chi connectivity index (χ3v) is 4.24. The number of rotatable bonds is 6. The van der Waals surface area contributed by atoms with Crippen LogP contribution in [0.5, 0.6) is 11.5 Å². The fourth-order valence-electron chi connectivity index (χ4n) is 2.87. The first-order chi connectivity index (χ1) is 11.7. The molecule has 6 heteroatoms. The molecule has 1 amide bonds. The van der Waals surface area contributed by atoms with Crippen LogP contribution in [-0.2, 0) is 6.73 Å². The molecule has 0 aliphatic heterocycles. The fourth-order valence-corrected chi connectivity index (χ4v) is 2.87. The quantitative estimate of drug-likeness (QED) is 0.885. The summed E-state index contributed by atoms with van der Waals surface area (Å²) < 4.78 is 12.4. The minimum absolute atomic E-state index is 0.106. The van der Waals surface area contributed by atoms with Crippen LogP contribution in [0.15, 0.2) is 36.5 Å². The summed E-state index contributed by atoms with van der Waals surface area (Å²) in [6, 6.07) is 9.34. The van der Waals surface area contributed by atoms with Crippen LogP contribution in [0.2, 0.25) is 0 Å². The van der Waals surface area contributed by atoms with E-state index in [0.29, 0.717) is 5.69 Å². The van der Waals surface area contributed by atoms with Gasteiger partial charge in [0.15, 0.2) is 6.73 Å². The second kappa shape index (κ2) is 7.86. The standard InChI is InChI=1S/C18H23N3O3/c1-23-15-7-9-16(10-8-15)24-13-21-12-11-17(20-21)18(22)19-14-5-3-2-4-6-14/h7-12,14H,2-6,13H2,1H3,(H,19,22). The molecule has 1 aromatic carbocycles. The Kier molecular flexibility index (Phi) is 5.36. The van der Waals surface area contributed by atoms with Crippen LogP contribution in [0.25, 0.3) is 0 Å². The topological polar surface area (TPSA) is 65.4 Å². The second-order valence-electron chi connectivity index (χ2n) is 6.00. The van der Waals surface area contributed by atoms with E-state index in [1.165, 1.54) is 19.3 Å². The lowest BCUT2D eigenvalue weighted by molar-refractivity contribution is 0.0920. The highest BCUT2D eigenvalue weighted by atomic mass is 16.5. The zero-order valence-electron chi connectivity index (χ0n) is 13.9. The van der Waals surface area contributed by atoms with Crippen molar-refractivity contribution in [2.24, 2.45) is 0 Å². The molecule has 128 valence electrons. The van der Waals surface area contributed by atoms with E-state index in [4.69, 9.17) is 9.47 Å². The Hall–Kier alpha value is -2.50. The number of carbonyl (C=O) groups is 1. The Morgan fingerprint density at radius 1 is 1.17 bits per heavy atom. The van der Waals surface area contributed by atoms with Crippen molar-refractivity contribution in [3.8, 4) is 11.5 Å². The van der Waals surface area contributed by atoms with Gasteiger partial charge in [0.2, 0.25) is 0 Å². The Morgan fingerprint density at radius 2 is 1.88 bits per heavy atom. The summed E-state index contributed by atoms with van der Waals surface area (Å²) in [6.07, 6.45) is 7.52. The maximum atomic E-state index is 12.2. The maximum absolute atomic E-state index is 12.2. The van der Waals surface area contributed by atoms with Crippen molar-refractivity contribution in [2.45, 2.75) is 44.9 Å². The van der Waals surface area contributed by atoms with E-state index in [1.807, 2.05) is 24.3 Å². The molecule has 1 heterocycles. The number of benzene rings is 1. The van der Waals surface area contributed by atoms with Gasteiger partial charge in [-0.2, -0.15) is 5.10 Å². The number of hydrogen-bond donors (Lipinski definition) is 1. The van der Waals surface area contributed by atoms with Crippen molar-refractivity contribution >= 4 is 5.91 Å². The first-order valence-corrected chi connectivity index (χ1v) is 8.36. The smallest absolute Gasteiger partial charge is 0.271 e. The zero-order valence-corrected chi connectivity index (χ0v) is 13.9. The summed E-state index contributed by atoms with van der Waals surface area (Å²) in [5.41, 5.74) is 0.430. The molecule has 1 fully saturated rings. The lowest BCUT2D eigenvalue weighted by atomic mass is 9.95. The molecule has 0 unspecified atom stereocenters. The average Bonchev–Trinajstić information content (AvgIpc) is 3.10. The Balaban J connectivity index is 1.51. The summed E-state index contributed by atoms with van der Waals surface area (Å²) >= 11 is 0. The number of aromatic nitrogens is 2. The third-order valence-electron chi connectivity index (χ3n) is 4.24. The van der Waals surface area contributed by atoms with Gasteiger partial charge in [-0.15, -0.1) is 0 Å². The molecule has 1 saturated carbocycles. The molecule has 0 bridgehead atoms. The molecule has 6 nitrogen and oxygen atoms in total. The summed E-state index contributed by atoms with van der Waals surface area (Å²) in [4.78, 5) is 12.2. The first kappa shape index (κ1) is 16.4. The molecule has 1 aliphatic carbocycles. The van der Waals surface area contributed by atoms with E-state index in [1.54, 1.807) is 24.1 Å². The predicted octanol–water partition coefficient (Wildman–Crippen LogP) is 2.99. The number of nitrogens with zero attached hydrogens (tertiary/aromatic N) is 2. The van der Waals surface area contributed by atoms with Gasteiger partial charge in [0, 0.05) is 12.2 Å². The Morgan fingerprint density at radius 3 is 2.58 bits per heavy atom. The van der Waals surface area contributed by atoms with Crippen LogP contribution in [0, 0.1) is 0 Å². The van der Waals surface area contributed by atoms with Crippen molar-refractivity contribution in [3.05, 3.63) is 42.2 Å². The van der Waals surface area contributed by atoms with Crippen molar-refractivity contribution in [2.75, 3.05) is 7.11 Å². The summed E-state index contributed by atoms with van der Waals surface area (Å²) in [6.45, 7) is 0.253. The lowest BCUT2D eigenvalue weighted by Gasteiger charge is -2.22. The number of nitrogens with one attached hydrogen (secondary N) is 1. The fraction of sp³-hybridized carbons (Fsp3) is 0.444. The van der Waals surface area contributed by atoms with E-state index in [0.717, 1.165) is 24.3 Å². The van der Waals surface area contributed by atoms with Crippen molar-refractivity contribution in [1.29, 1.82) is 0 Å². The predicted molar refractivity (Wildman–Crippen MR) is 90.2 cm³/mol. The van der Waals surface area contributed by atoms with Gasteiger partial charge in [0.05, 0.1) is 7.11 Å². The molecule has 3 rings (SSSR count). The highest BCUT2D eigenvalue weighted by molar-refractivity contribution is 5.92. The number of ether oxygens (including phenoxy) is 2. The van der Waals surface area contributed by atoms with Crippen LogP contribution in [-0.4, -0.2) is 28.8 Å². The molecule has 2 aromatic rings. The second-order valence-corrected chi connectivity index (χ2v) is 6.00. The van der Waals surface area contributed by atoms with Gasteiger partial charge in [-0.05, 0) is 43.2 Å².